The largest absolute Gasteiger partial charge is 0.466 e. The molecule has 3 heterocycles. The highest BCUT2D eigenvalue weighted by molar-refractivity contribution is 8.02. The second kappa shape index (κ2) is 10.2. The number of rotatable bonds is 11. The van der Waals surface area contributed by atoms with Crippen LogP contribution in [0.1, 0.15) is 53.4 Å². The highest BCUT2D eigenvalue weighted by Gasteiger charge is 2.76. The molecule has 0 aromatic heterocycles. The fourth-order valence-electron chi connectivity index (χ4n) is 5.98. The van der Waals surface area contributed by atoms with Crippen molar-refractivity contribution in [3.05, 3.63) is 12.7 Å². The van der Waals surface area contributed by atoms with Crippen molar-refractivity contribution in [1.29, 1.82) is 0 Å². The van der Waals surface area contributed by atoms with Crippen LogP contribution in [0.4, 0.5) is 0 Å². The normalized spacial score (nSPS) is 33.8. The molecule has 0 radical (unpaired) electrons. The smallest absolute Gasteiger partial charge is 0.310 e. The maximum absolute atomic E-state index is 14.1. The molecule has 3 unspecified atom stereocenters. The lowest BCUT2D eigenvalue weighted by Gasteiger charge is -2.41. The number of ether oxygens (including phenoxy) is 1. The van der Waals surface area contributed by atoms with Gasteiger partial charge in [-0.25, -0.2) is 0 Å². The van der Waals surface area contributed by atoms with Crippen molar-refractivity contribution in [2.45, 2.75) is 75.5 Å². The van der Waals surface area contributed by atoms with Crippen LogP contribution in [-0.4, -0.2) is 81.1 Å². The predicted molar refractivity (Wildman–Crippen MR) is 125 cm³/mol. The maximum atomic E-state index is 14.1. The topological polar surface area (TPSA) is 87.2 Å². The lowest BCUT2D eigenvalue weighted by atomic mass is 9.66. The number of aliphatic hydroxyl groups excluding tert-OH is 1. The lowest BCUT2D eigenvalue weighted by Crippen LogP contribution is -2.59. The van der Waals surface area contributed by atoms with E-state index < -0.39 is 28.7 Å². The minimum Gasteiger partial charge on any atom is -0.466 e. The van der Waals surface area contributed by atoms with E-state index >= 15 is 0 Å². The minimum atomic E-state index is -0.701. The van der Waals surface area contributed by atoms with Crippen LogP contribution in [0, 0.1) is 17.8 Å². The quantitative estimate of drug-likeness (QED) is 0.286. The van der Waals surface area contributed by atoms with Crippen molar-refractivity contribution in [1.82, 2.24) is 9.80 Å². The number of nitrogens with zero attached hydrogens (tertiary/aromatic N) is 2. The molecule has 32 heavy (non-hydrogen) atoms. The van der Waals surface area contributed by atoms with E-state index in [1.54, 1.807) is 41.5 Å². The van der Waals surface area contributed by atoms with Gasteiger partial charge >= 0.3 is 5.97 Å². The Kier molecular flexibility index (Phi) is 7.97. The third kappa shape index (κ3) is 3.87. The van der Waals surface area contributed by atoms with Gasteiger partial charge in [0.15, 0.2) is 0 Å². The molecule has 3 fully saturated rings. The average molecular weight is 467 g/mol. The van der Waals surface area contributed by atoms with Gasteiger partial charge in [-0.3, -0.25) is 14.4 Å². The van der Waals surface area contributed by atoms with Crippen LogP contribution in [0.15, 0.2) is 12.7 Å². The van der Waals surface area contributed by atoms with Crippen molar-refractivity contribution >= 4 is 29.5 Å². The molecule has 7 nitrogen and oxygen atoms in total. The molecule has 0 aromatic carbocycles. The van der Waals surface area contributed by atoms with E-state index in [1.165, 1.54) is 0 Å². The Morgan fingerprint density at radius 1 is 1.41 bits per heavy atom. The third-order valence-corrected chi connectivity index (χ3v) is 9.48. The summed E-state index contributed by atoms with van der Waals surface area (Å²) < 4.78 is 4.68. The summed E-state index contributed by atoms with van der Waals surface area (Å²) in [6.07, 6.45) is 5.46. The Hall–Kier alpha value is -1.54. The number of likely N-dealkylation sites (tertiary alicyclic amines) is 1. The summed E-state index contributed by atoms with van der Waals surface area (Å²) in [5, 5.41) is 9.93. The molecule has 3 aliphatic heterocycles. The van der Waals surface area contributed by atoms with Crippen LogP contribution in [0.5, 0.6) is 0 Å². The Morgan fingerprint density at radius 3 is 2.72 bits per heavy atom. The predicted octanol–water partition coefficient (Wildman–Crippen LogP) is 2.47. The molecular formula is C24H38N2O5S. The highest BCUT2D eigenvalue weighted by atomic mass is 32.2. The monoisotopic (exact) mass is 466 g/mol. The zero-order chi connectivity index (χ0) is 23.6. The van der Waals surface area contributed by atoms with Gasteiger partial charge in [-0.15, -0.1) is 18.3 Å². The van der Waals surface area contributed by atoms with E-state index in [2.05, 4.69) is 20.4 Å². The third-order valence-electron chi connectivity index (χ3n) is 7.41. The number of hydrogen-bond donors (Lipinski definition) is 1. The minimum absolute atomic E-state index is 0.0205. The number of hydrogen-bond acceptors (Lipinski definition) is 6. The zero-order valence-corrected chi connectivity index (χ0v) is 20.6. The first kappa shape index (κ1) is 25.1. The van der Waals surface area contributed by atoms with Crippen molar-refractivity contribution in [3.8, 4) is 0 Å². The SMILES string of the molecule is C=CCN(CCCCC)C(=O)C1N([C@H](C)CO)C(=O)[C@@H]2[C@H](C(=O)OCC)[C@@H]3CC(C)C12S3. The van der Waals surface area contributed by atoms with E-state index in [0.717, 1.165) is 25.7 Å². The summed E-state index contributed by atoms with van der Waals surface area (Å²) in [6.45, 7) is 12.6. The summed E-state index contributed by atoms with van der Waals surface area (Å²) >= 11 is 1.64. The van der Waals surface area contributed by atoms with Crippen LogP contribution < -0.4 is 0 Å². The van der Waals surface area contributed by atoms with E-state index in [9.17, 15) is 19.5 Å². The van der Waals surface area contributed by atoms with Gasteiger partial charge in [0, 0.05) is 18.3 Å². The molecule has 0 saturated carbocycles. The molecule has 2 bridgehead atoms. The first-order chi connectivity index (χ1) is 15.3. The fourth-order valence-corrected chi connectivity index (χ4v) is 8.37. The average Bonchev–Trinajstić information content (AvgIpc) is 3.36. The summed E-state index contributed by atoms with van der Waals surface area (Å²) in [5.41, 5.74) is 0. The number of carbonyl (C=O) groups is 3. The summed E-state index contributed by atoms with van der Waals surface area (Å²) in [7, 11) is 0. The van der Waals surface area contributed by atoms with E-state index in [0.29, 0.717) is 13.1 Å². The number of amides is 2. The molecule has 1 spiro atoms. The van der Waals surface area contributed by atoms with Gasteiger partial charge < -0.3 is 19.6 Å². The molecule has 2 amide bonds. The first-order valence-corrected chi connectivity index (χ1v) is 12.8. The molecule has 7 atom stereocenters. The van der Waals surface area contributed by atoms with Crippen LogP contribution in [0.3, 0.4) is 0 Å². The summed E-state index contributed by atoms with van der Waals surface area (Å²) in [6, 6.07) is -1.21. The summed E-state index contributed by atoms with van der Waals surface area (Å²) in [4.78, 5) is 44.1. The van der Waals surface area contributed by atoms with Crippen molar-refractivity contribution in [2.24, 2.45) is 17.8 Å². The Balaban J connectivity index is 2.04. The van der Waals surface area contributed by atoms with Gasteiger partial charge in [-0.2, -0.15) is 0 Å². The van der Waals surface area contributed by atoms with Gasteiger partial charge in [0.05, 0.1) is 35.8 Å². The van der Waals surface area contributed by atoms with Gasteiger partial charge in [-0.1, -0.05) is 32.8 Å². The summed E-state index contributed by atoms with van der Waals surface area (Å²) in [5.74, 6) is -1.67. The first-order valence-electron chi connectivity index (χ1n) is 12.0. The van der Waals surface area contributed by atoms with E-state index in [4.69, 9.17) is 4.74 Å². The van der Waals surface area contributed by atoms with E-state index in [1.807, 2.05) is 0 Å². The number of aliphatic hydroxyl groups is 1. The number of carbonyl (C=O) groups excluding carboxylic acids is 3. The molecule has 3 aliphatic rings. The molecule has 180 valence electrons. The number of esters is 1. The lowest BCUT2D eigenvalue weighted by molar-refractivity contribution is -0.154. The van der Waals surface area contributed by atoms with Gasteiger partial charge in [0.25, 0.3) is 0 Å². The number of thioether (sulfide) groups is 1. The van der Waals surface area contributed by atoms with Gasteiger partial charge in [0.2, 0.25) is 11.8 Å². The standard InChI is InChI=1S/C24H38N2O5S/c1-6-9-10-12-25(11-7-2)22(29)20-24-15(4)13-17(32-24)18(23(30)31-8-3)19(24)21(28)26(20)16(5)14-27/h7,15-20,27H,2,6,8-14H2,1,3-5H3/t15?,16-,17+,18-,19+,20?,24?/m1/s1. The number of fused-ring (bicyclic) bond motifs is 1. The second-order valence-electron chi connectivity index (χ2n) is 9.36. The molecule has 0 aromatic rings. The Bertz CT molecular complexity index is 746. The molecule has 0 aliphatic carbocycles. The van der Waals surface area contributed by atoms with Crippen molar-refractivity contribution in [3.63, 3.8) is 0 Å². The molecule has 3 saturated heterocycles. The Labute approximate surface area is 195 Å². The van der Waals surface area contributed by atoms with Crippen LogP contribution in [0.2, 0.25) is 0 Å². The molecule has 1 N–H and O–H groups in total. The Morgan fingerprint density at radius 2 is 2.12 bits per heavy atom. The second-order valence-corrected chi connectivity index (χ2v) is 10.9. The molecule has 3 rings (SSSR count). The number of unbranched alkanes of at least 4 members (excludes halogenated alkanes) is 2. The van der Waals surface area contributed by atoms with Gasteiger partial charge in [-0.05, 0) is 32.6 Å². The van der Waals surface area contributed by atoms with Crippen LogP contribution in [-0.2, 0) is 19.1 Å². The van der Waals surface area contributed by atoms with Crippen LogP contribution in [0.25, 0.3) is 0 Å². The maximum Gasteiger partial charge on any atom is 0.310 e. The van der Waals surface area contributed by atoms with Crippen molar-refractivity contribution < 1.29 is 24.2 Å². The van der Waals surface area contributed by atoms with E-state index in [-0.39, 0.29) is 42.2 Å². The van der Waals surface area contributed by atoms with Crippen molar-refractivity contribution in [2.75, 3.05) is 26.3 Å². The van der Waals surface area contributed by atoms with Crippen LogP contribution >= 0.6 is 11.8 Å². The van der Waals surface area contributed by atoms with Gasteiger partial charge in [0.1, 0.15) is 6.04 Å². The zero-order valence-electron chi connectivity index (χ0n) is 19.8. The highest BCUT2D eigenvalue weighted by Crippen LogP contribution is 2.69. The molecular weight excluding hydrogens is 428 g/mol. The molecule has 8 heteroatoms. The fraction of sp³-hybridized carbons (Fsp3) is 0.792.